The Labute approximate surface area is 66.2 Å². The third-order valence-electron chi connectivity index (χ3n) is 2.05. The van der Waals surface area contributed by atoms with Crippen LogP contribution in [0.3, 0.4) is 0 Å². The van der Waals surface area contributed by atoms with Crippen LogP contribution >= 0.6 is 0 Å². The lowest BCUT2D eigenvalue weighted by molar-refractivity contribution is 0.200. The van der Waals surface area contributed by atoms with E-state index < -0.39 is 0 Å². The number of aliphatic hydroxyl groups excluding tert-OH is 1. The van der Waals surface area contributed by atoms with E-state index in [1.807, 2.05) is 0 Å². The summed E-state index contributed by atoms with van der Waals surface area (Å²) in [6, 6.07) is -0.0408. The van der Waals surface area contributed by atoms with Gasteiger partial charge in [0.1, 0.15) is 0 Å². The summed E-state index contributed by atoms with van der Waals surface area (Å²) in [5, 5.41) is 11.3. The number of hydrogen-bond donors (Lipinski definition) is 2. The molecule has 1 atom stereocenters. The monoisotopic (exact) mass is 158 g/mol. The average molecular weight is 158 g/mol. The van der Waals surface area contributed by atoms with E-state index in [4.69, 9.17) is 5.11 Å². The molecule has 1 rings (SSSR count). The Hall–Kier alpha value is -0.770. The molecular formula is C7H14N2O2. The first-order chi connectivity index (χ1) is 5.27. The van der Waals surface area contributed by atoms with Gasteiger partial charge < -0.3 is 15.3 Å². The zero-order valence-corrected chi connectivity index (χ0v) is 6.71. The lowest BCUT2D eigenvalue weighted by Crippen LogP contribution is -2.36. The molecule has 0 spiro atoms. The molecule has 0 aromatic rings. The number of likely N-dealkylation sites (tertiary alicyclic amines) is 1. The molecule has 1 aliphatic rings. The Bertz CT molecular complexity index is 149. The van der Waals surface area contributed by atoms with E-state index in [1.165, 1.54) is 0 Å². The van der Waals surface area contributed by atoms with Crippen molar-refractivity contribution < 1.29 is 9.90 Å². The second kappa shape index (κ2) is 3.57. The van der Waals surface area contributed by atoms with Gasteiger partial charge in [-0.2, -0.15) is 0 Å². The first-order valence-corrected chi connectivity index (χ1v) is 3.85. The average Bonchev–Trinajstić information content (AvgIpc) is 2.50. The van der Waals surface area contributed by atoms with Crippen LogP contribution in [-0.2, 0) is 0 Å². The predicted octanol–water partition coefficient (Wildman–Crippen LogP) is -0.360. The van der Waals surface area contributed by atoms with Gasteiger partial charge in [-0.3, -0.25) is 0 Å². The molecule has 0 aliphatic carbocycles. The van der Waals surface area contributed by atoms with Crippen LogP contribution in [-0.4, -0.2) is 42.8 Å². The third-order valence-corrected chi connectivity index (χ3v) is 2.05. The molecular weight excluding hydrogens is 144 g/mol. The summed E-state index contributed by atoms with van der Waals surface area (Å²) in [5.41, 5.74) is 0. The van der Waals surface area contributed by atoms with E-state index in [-0.39, 0.29) is 18.6 Å². The first-order valence-electron chi connectivity index (χ1n) is 3.85. The largest absolute Gasteiger partial charge is 0.396 e. The second-order valence-corrected chi connectivity index (χ2v) is 2.84. The van der Waals surface area contributed by atoms with Crippen molar-refractivity contribution in [3.63, 3.8) is 0 Å². The third kappa shape index (κ3) is 1.83. The van der Waals surface area contributed by atoms with E-state index in [2.05, 4.69) is 5.32 Å². The van der Waals surface area contributed by atoms with E-state index in [9.17, 15) is 4.79 Å². The highest BCUT2D eigenvalue weighted by Crippen LogP contribution is 2.14. The Morgan fingerprint density at radius 1 is 1.82 bits per heavy atom. The van der Waals surface area contributed by atoms with E-state index in [0.29, 0.717) is 6.54 Å². The minimum Gasteiger partial charge on any atom is -0.396 e. The van der Waals surface area contributed by atoms with Crippen LogP contribution in [0.15, 0.2) is 0 Å². The van der Waals surface area contributed by atoms with Crippen molar-refractivity contribution in [3.05, 3.63) is 0 Å². The van der Waals surface area contributed by atoms with Crippen molar-refractivity contribution in [2.45, 2.75) is 6.42 Å². The fourth-order valence-electron chi connectivity index (χ4n) is 1.32. The summed E-state index contributed by atoms with van der Waals surface area (Å²) in [5.74, 6) is 0.285. The molecule has 1 heterocycles. The summed E-state index contributed by atoms with van der Waals surface area (Å²) >= 11 is 0. The number of aliphatic hydroxyl groups is 1. The van der Waals surface area contributed by atoms with Crippen LogP contribution in [0.2, 0.25) is 0 Å². The Morgan fingerprint density at radius 2 is 2.55 bits per heavy atom. The smallest absolute Gasteiger partial charge is 0.317 e. The first kappa shape index (κ1) is 8.33. The van der Waals surface area contributed by atoms with Crippen molar-refractivity contribution in [1.82, 2.24) is 10.2 Å². The fraction of sp³-hybridized carbons (Fsp3) is 0.857. The summed E-state index contributed by atoms with van der Waals surface area (Å²) in [4.78, 5) is 12.7. The molecule has 2 N–H and O–H groups in total. The number of urea groups is 1. The van der Waals surface area contributed by atoms with Crippen LogP contribution in [0.5, 0.6) is 0 Å². The lowest BCUT2D eigenvalue weighted by atomic mass is 10.1. The zero-order valence-electron chi connectivity index (χ0n) is 6.71. The van der Waals surface area contributed by atoms with Crippen LogP contribution < -0.4 is 5.32 Å². The van der Waals surface area contributed by atoms with E-state index in [1.54, 1.807) is 11.9 Å². The molecule has 0 aromatic heterocycles. The number of carbonyl (C=O) groups is 1. The van der Waals surface area contributed by atoms with Gasteiger partial charge in [-0.1, -0.05) is 0 Å². The number of nitrogens with zero attached hydrogens (tertiary/aromatic N) is 1. The molecule has 11 heavy (non-hydrogen) atoms. The van der Waals surface area contributed by atoms with Gasteiger partial charge in [-0.05, 0) is 6.42 Å². The number of nitrogens with one attached hydrogen (secondary N) is 1. The zero-order chi connectivity index (χ0) is 8.27. The molecule has 1 unspecified atom stereocenters. The Balaban J connectivity index is 2.35. The van der Waals surface area contributed by atoms with Crippen molar-refractivity contribution in [1.29, 1.82) is 0 Å². The van der Waals surface area contributed by atoms with E-state index >= 15 is 0 Å². The standard InChI is InChI=1S/C7H14N2O2/c1-8-7(11)9-3-2-6(4-9)5-10/h6,10H,2-5H2,1H3,(H,8,11). The van der Waals surface area contributed by atoms with Gasteiger partial charge in [-0.25, -0.2) is 4.79 Å². The van der Waals surface area contributed by atoms with Crippen molar-refractivity contribution in [2.75, 3.05) is 26.7 Å². The number of rotatable bonds is 1. The number of hydrogen-bond acceptors (Lipinski definition) is 2. The van der Waals surface area contributed by atoms with Crippen LogP contribution in [0.25, 0.3) is 0 Å². The summed E-state index contributed by atoms with van der Waals surface area (Å²) < 4.78 is 0. The Morgan fingerprint density at radius 3 is 3.00 bits per heavy atom. The number of carbonyl (C=O) groups excluding carboxylic acids is 1. The molecule has 4 nitrogen and oxygen atoms in total. The van der Waals surface area contributed by atoms with Crippen molar-refractivity contribution in [3.8, 4) is 0 Å². The number of amides is 2. The summed E-state index contributed by atoms with van der Waals surface area (Å²) in [6.45, 7) is 1.65. The molecule has 0 saturated carbocycles. The summed E-state index contributed by atoms with van der Waals surface area (Å²) in [6.07, 6.45) is 0.921. The molecule has 4 heteroatoms. The minimum absolute atomic E-state index is 0.0408. The molecule has 1 saturated heterocycles. The quantitative estimate of drug-likeness (QED) is 0.547. The second-order valence-electron chi connectivity index (χ2n) is 2.84. The summed E-state index contributed by atoms with van der Waals surface area (Å²) in [7, 11) is 1.62. The van der Waals surface area contributed by atoms with Gasteiger partial charge in [-0.15, -0.1) is 0 Å². The van der Waals surface area contributed by atoms with Crippen LogP contribution in [0.4, 0.5) is 4.79 Å². The van der Waals surface area contributed by atoms with Crippen molar-refractivity contribution >= 4 is 6.03 Å². The maximum Gasteiger partial charge on any atom is 0.317 e. The van der Waals surface area contributed by atoms with Gasteiger partial charge in [0, 0.05) is 32.7 Å². The van der Waals surface area contributed by atoms with E-state index in [0.717, 1.165) is 13.0 Å². The molecule has 2 amide bonds. The molecule has 1 aliphatic heterocycles. The molecule has 64 valence electrons. The maximum absolute atomic E-state index is 11.0. The normalized spacial score (nSPS) is 23.8. The molecule has 1 fully saturated rings. The SMILES string of the molecule is CNC(=O)N1CCC(CO)C1. The molecule has 0 aromatic carbocycles. The van der Waals surface area contributed by atoms with Gasteiger partial charge in [0.05, 0.1) is 0 Å². The van der Waals surface area contributed by atoms with Gasteiger partial charge >= 0.3 is 6.03 Å². The highest BCUT2D eigenvalue weighted by atomic mass is 16.3. The maximum atomic E-state index is 11.0. The molecule has 0 bridgehead atoms. The van der Waals surface area contributed by atoms with Crippen molar-refractivity contribution in [2.24, 2.45) is 5.92 Å². The topological polar surface area (TPSA) is 52.6 Å². The van der Waals surface area contributed by atoms with Gasteiger partial charge in [0.15, 0.2) is 0 Å². The highest BCUT2D eigenvalue weighted by Gasteiger charge is 2.24. The van der Waals surface area contributed by atoms with Crippen LogP contribution in [0.1, 0.15) is 6.42 Å². The van der Waals surface area contributed by atoms with Crippen LogP contribution in [0, 0.1) is 5.92 Å². The highest BCUT2D eigenvalue weighted by molar-refractivity contribution is 5.74. The fourth-order valence-corrected chi connectivity index (χ4v) is 1.32. The van der Waals surface area contributed by atoms with Gasteiger partial charge in [0.25, 0.3) is 0 Å². The predicted molar refractivity (Wildman–Crippen MR) is 41.2 cm³/mol. The minimum atomic E-state index is -0.0408. The lowest BCUT2D eigenvalue weighted by Gasteiger charge is -2.14. The molecule has 0 radical (unpaired) electrons. The van der Waals surface area contributed by atoms with Gasteiger partial charge in [0.2, 0.25) is 0 Å². The Kier molecular flexibility index (Phi) is 2.70.